The molecular formula is C16H15FN4O. The van der Waals surface area contributed by atoms with Gasteiger partial charge in [-0.2, -0.15) is 0 Å². The van der Waals surface area contributed by atoms with Gasteiger partial charge in [0.2, 0.25) is 0 Å². The van der Waals surface area contributed by atoms with Crippen molar-refractivity contribution in [3.05, 3.63) is 39.6 Å². The predicted octanol–water partition coefficient (Wildman–Crippen LogP) is 1.96. The fourth-order valence-corrected chi connectivity index (χ4v) is 4.47. The molecule has 0 saturated carbocycles. The quantitative estimate of drug-likeness (QED) is 0.806. The summed E-state index contributed by atoms with van der Waals surface area (Å²) in [7, 11) is 0. The molecule has 1 N–H and O–H groups in total. The summed E-state index contributed by atoms with van der Waals surface area (Å²) in [6.07, 6.45) is 2.22. The molecule has 1 saturated heterocycles. The number of anilines is 1. The molecule has 0 spiro atoms. The van der Waals surface area contributed by atoms with Gasteiger partial charge in [-0.1, -0.05) is 0 Å². The largest absolute Gasteiger partial charge is 0.376 e. The maximum absolute atomic E-state index is 13.9. The first-order valence-electron chi connectivity index (χ1n) is 7.62. The van der Waals surface area contributed by atoms with E-state index in [2.05, 4.69) is 27.3 Å². The van der Waals surface area contributed by atoms with Crippen LogP contribution in [-0.2, 0) is 6.54 Å². The molecule has 5 rings (SSSR count). The van der Waals surface area contributed by atoms with Gasteiger partial charge in [0.05, 0.1) is 17.1 Å². The van der Waals surface area contributed by atoms with Crippen LogP contribution in [-0.4, -0.2) is 27.2 Å². The molecular weight excluding hydrogens is 283 g/mol. The molecule has 2 aromatic rings. The summed E-state index contributed by atoms with van der Waals surface area (Å²) in [5, 5.41) is 12.6. The van der Waals surface area contributed by atoms with Crippen LogP contribution in [0.25, 0.3) is 10.8 Å². The zero-order chi connectivity index (χ0) is 15.1. The third-order valence-electron chi connectivity index (χ3n) is 5.56. The molecule has 0 radical (unpaired) electrons. The summed E-state index contributed by atoms with van der Waals surface area (Å²) in [6.45, 7) is 3.97. The third kappa shape index (κ3) is 1.34. The molecule has 0 bridgehead atoms. The van der Waals surface area contributed by atoms with Crippen LogP contribution in [0.15, 0.2) is 16.9 Å². The molecule has 0 aliphatic carbocycles. The topological polar surface area (TPSA) is 58.1 Å². The molecule has 112 valence electrons. The molecule has 4 heterocycles. The summed E-state index contributed by atoms with van der Waals surface area (Å²) in [6, 6.07) is 2.80. The van der Waals surface area contributed by atoms with Gasteiger partial charge in [-0.25, -0.2) is 4.39 Å². The number of hydrogen-bond acceptors (Lipinski definition) is 5. The Hall–Kier alpha value is -2.08. The lowest BCUT2D eigenvalue weighted by Crippen LogP contribution is -2.50. The van der Waals surface area contributed by atoms with E-state index < -0.39 is 11.4 Å². The molecule has 5 nitrogen and oxygen atoms in total. The molecule has 1 aromatic heterocycles. The lowest BCUT2D eigenvalue weighted by atomic mass is 9.81. The molecule has 3 aliphatic heterocycles. The van der Waals surface area contributed by atoms with E-state index in [0.717, 1.165) is 36.0 Å². The normalized spacial score (nSPS) is 28.7. The summed E-state index contributed by atoms with van der Waals surface area (Å²) < 4.78 is 13.9. The molecule has 1 aromatic carbocycles. The van der Waals surface area contributed by atoms with E-state index in [9.17, 15) is 9.18 Å². The minimum atomic E-state index is -0.460. The van der Waals surface area contributed by atoms with Crippen molar-refractivity contribution >= 4 is 16.5 Å². The number of nitrogens with zero attached hydrogens (tertiary/aromatic N) is 3. The highest BCUT2D eigenvalue weighted by Gasteiger charge is 2.51. The number of aromatic nitrogens is 2. The second-order valence-corrected chi connectivity index (χ2v) is 6.70. The number of hydrogen-bond donors (Lipinski definition) is 1. The van der Waals surface area contributed by atoms with Crippen LogP contribution in [0.2, 0.25) is 0 Å². The Morgan fingerprint density at radius 2 is 2.27 bits per heavy atom. The minimum Gasteiger partial charge on any atom is -0.376 e. The zero-order valence-electron chi connectivity index (χ0n) is 12.2. The number of fused-ring (bicyclic) bond motifs is 2. The first kappa shape index (κ1) is 12.5. The van der Waals surface area contributed by atoms with Crippen molar-refractivity contribution in [2.45, 2.75) is 37.9 Å². The van der Waals surface area contributed by atoms with Crippen LogP contribution in [0.5, 0.6) is 0 Å². The van der Waals surface area contributed by atoms with E-state index in [1.807, 2.05) is 0 Å². The smallest absolute Gasteiger partial charge is 0.296 e. The number of halogens is 1. The van der Waals surface area contributed by atoms with Gasteiger partial charge in [0.25, 0.3) is 5.56 Å². The number of rotatable bonds is 0. The van der Waals surface area contributed by atoms with Crippen molar-refractivity contribution in [1.29, 1.82) is 0 Å². The average molecular weight is 298 g/mol. The molecule has 2 atom stereocenters. The number of nitrogens with one attached hydrogen (secondary N) is 1. The van der Waals surface area contributed by atoms with Crippen molar-refractivity contribution in [2.24, 2.45) is 0 Å². The van der Waals surface area contributed by atoms with Crippen LogP contribution in [0, 0.1) is 5.82 Å². The van der Waals surface area contributed by atoms with Gasteiger partial charge in [-0.15, -0.1) is 10.2 Å². The maximum atomic E-state index is 13.9. The first-order valence-corrected chi connectivity index (χ1v) is 7.62. The van der Waals surface area contributed by atoms with Crippen LogP contribution >= 0.6 is 0 Å². The Morgan fingerprint density at radius 3 is 3.14 bits per heavy atom. The summed E-state index contributed by atoms with van der Waals surface area (Å²) >= 11 is 0. The summed E-state index contributed by atoms with van der Waals surface area (Å²) in [5.41, 5.74) is 2.10. The highest BCUT2D eigenvalue weighted by atomic mass is 19.1. The van der Waals surface area contributed by atoms with E-state index in [1.165, 1.54) is 12.1 Å². The van der Waals surface area contributed by atoms with Gasteiger partial charge in [0.1, 0.15) is 5.82 Å². The fraction of sp³-hybridized carbons (Fsp3) is 0.438. The van der Waals surface area contributed by atoms with Crippen molar-refractivity contribution in [3.63, 3.8) is 0 Å². The van der Waals surface area contributed by atoms with E-state index in [-0.39, 0.29) is 11.6 Å². The van der Waals surface area contributed by atoms with Crippen molar-refractivity contribution < 1.29 is 4.39 Å². The Balaban J connectivity index is 1.93. The van der Waals surface area contributed by atoms with Gasteiger partial charge in [0.15, 0.2) is 0 Å². The van der Waals surface area contributed by atoms with Crippen molar-refractivity contribution in [2.75, 3.05) is 11.9 Å². The van der Waals surface area contributed by atoms with Crippen molar-refractivity contribution in [1.82, 2.24) is 15.1 Å². The first-order chi connectivity index (χ1) is 10.6. The van der Waals surface area contributed by atoms with Crippen LogP contribution in [0.3, 0.4) is 0 Å². The molecule has 22 heavy (non-hydrogen) atoms. The van der Waals surface area contributed by atoms with E-state index >= 15 is 0 Å². The van der Waals surface area contributed by atoms with Gasteiger partial charge < -0.3 is 5.32 Å². The van der Waals surface area contributed by atoms with Gasteiger partial charge >= 0.3 is 0 Å². The van der Waals surface area contributed by atoms with E-state index in [1.54, 1.807) is 0 Å². The molecule has 1 fully saturated rings. The lowest BCUT2D eigenvalue weighted by Gasteiger charge is -2.44. The average Bonchev–Trinajstić information content (AvgIpc) is 3.00. The molecule has 6 heteroatoms. The standard InChI is InChI=1S/C16H15FN4O/c1-16-3-2-4-21(16)7-11-13-12-9(15(22)20-19-11)5-8(17)6-10(12)18-14(13)16/h5-6,14,18H,2-4,7H2,1H3/t14?,16-/m1/s1. The zero-order valence-corrected chi connectivity index (χ0v) is 12.2. The third-order valence-corrected chi connectivity index (χ3v) is 5.56. The highest BCUT2D eigenvalue weighted by Crippen LogP contribution is 2.52. The molecule has 0 amide bonds. The summed E-state index contributed by atoms with van der Waals surface area (Å²) in [4.78, 5) is 14.6. The van der Waals surface area contributed by atoms with E-state index in [4.69, 9.17) is 0 Å². The molecule has 3 aliphatic rings. The Labute approximate surface area is 126 Å². The van der Waals surface area contributed by atoms with Crippen LogP contribution < -0.4 is 10.9 Å². The highest BCUT2D eigenvalue weighted by molar-refractivity contribution is 6.00. The number of benzene rings is 1. The Kier molecular flexibility index (Phi) is 2.16. The fourth-order valence-electron chi connectivity index (χ4n) is 4.47. The summed E-state index contributed by atoms with van der Waals surface area (Å²) in [5.74, 6) is -0.416. The monoisotopic (exact) mass is 298 g/mol. The van der Waals surface area contributed by atoms with Gasteiger partial charge in [-0.05, 0) is 38.4 Å². The van der Waals surface area contributed by atoms with E-state index in [0.29, 0.717) is 17.6 Å². The second-order valence-electron chi connectivity index (χ2n) is 6.70. The SMILES string of the molecule is C[C@]12CCCN1Cc1nnc(=O)c3cc(F)cc4c3c1C2N4. The van der Waals surface area contributed by atoms with Crippen LogP contribution in [0.4, 0.5) is 10.1 Å². The minimum absolute atomic E-state index is 0.0193. The Bertz CT molecular complexity index is 899. The second kappa shape index (κ2) is 3.81. The van der Waals surface area contributed by atoms with Crippen molar-refractivity contribution in [3.8, 4) is 0 Å². The van der Waals surface area contributed by atoms with Crippen LogP contribution in [0.1, 0.15) is 37.1 Å². The predicted molar refractivity (Wildman–Crippen MR) is 80.2 cm³/mol. The lowest BCUT2D eigenvalue weighted by molar-refractivity contribution is 0.109. The Morgan fingerprint density at radius 1 is 1.41 bits per heavy atom. The van der Waals surface area contributed by atoms with Gasteiger partial charge in [0, 0.05) is 28.7 Å². The maximum Gasteiger partial charge on any atom is 0.296 e. The van der Waals surface area contributed by atoms with Gasteiger partial charge in [-0.3, -0.25) is 9.69 Å². The molecule has 1 unspecified atom stereocenters.